The lowest BCUT2D eigenvalue weighted by Crippen LogP contribution is -2.32. The molecule has 3 nitrogen and oxygen atoms in total. The van der Waals surface area contributed by atoms with Gasteiger partial charge >= 0.3 is 0 Å². The van der Waals surface area contributed by atoms with E-state index in [4.69, 9.17) is 0 Å². The maximum atomic E-state index is 2.36. The summed E-state index contributed by atoms with van der Waals surface area (Å²) in [5, 5.41) is 0. The first-order valence-corrected chi connectivity index (χ1v) is 7.71. The lowest BCUT2D eigenvalue weighted by Gasteiger charge is -2.21. The summed E-state index contributed by atoms with van der Waals surface area (Å²) in [6.45, 7) is 4.54. The Hall–Kier alpha value is 0.960. The van der Waals surface area contributed by atoms with Gasteiger partial charge in [-0.05, 0) is 37.3 Å². The lowest BCUT2D eigenvalue weighted by molar-refractivity contribution is 0.272. The molecule has 0 rings (SSSR count). The summed E-state index contributed by atoms with van der Waals surface area (Å²) in [6, 6.07) is 0. The normalized spacial score (nSPS) is 12.0. The molecule has 0 saturated heterocycles. The van der Waals surface area contributed by atoms with Crippen LogP contribution in [0.25, 0.3) is 0 Å². The third-order valence-electron chi connectivity index (χ3n) is 1.84. The van der Waals surface area contributed by atoms with Crippen LogP contribution in [0, 0.1) is 0 Å². The summed E-state index contributed by atoms with van der Waals surface area (Å²) in [4.78, 5) is 4.58. The van der Waals surface area contributed by atoms with E-state index < -0.39 is 0 Å². The van der Waals surface area contributed by atoms with E-state index in [0.29, 0.717) is 0 Å². The molecule has 13 heavy (non-hydrogen) atoms. The topological polar surface area (TPSA) is 9.72 Å². The summed E-state index contributed by atoms with van der Waals surface area (Å²) in [7, 11) is 10.3. The number of rotatable bonds is 7. The van der Waals surface area contributed by atoms with Gasteiger partial charge in [-0.3, -0.25) is 0 Å². The first kappa shape index (κ1) is 14.0. The molecular weight excluding hydrogens is 297 g/mol. The molecule has 80 valence electrons. The Bertz CT molecular complexity index is 124. The molecule has 0 aromatic carbocycles. The molecule has 0 aliphatic rings. The van der Waals surface area contributed by atoms with Crippen molar-refractivity contribution in [3.05, 3.63) is 0 Å². The van der Waals surface area contributed by atoms with Crippen LogP contribution in [-0.4, -0.2) is 68.5 Å². The van der Waals surface area contributed by atoms with Crippen molar-refractivity contribution in [3.63, 3.8) is 0 Å². The second-order valence-corrected chi connectivity index (χ2v) is 5.47. The molecule has 0 spiro atoms. The van der Waals surface area contributed by atoms with Gasteiger partial charge in [-0.2, -0.15) is 0 Å². The van der Waals surface area contributed by atoms with Gasteiger partial charge in [-0.25, -0.2) is 4.31 Å². The fourth-order valence-corrected chi connectivity index (χ4v) is 1.57. The third-order valence-corrected chi connectivity index (χ3v) is 4.28. The number of likely N-dealkylation sites (N-methyl/N-ethyl adjacent to an activating group) is 3. The summed E-state index contributed by atoms with van der Waals surface area (Å²) < 4.78 is 2.24. The van der Waals surface area contributed by atoms with Crippen LogP contribution in [0.3, 0.4) is 0 Å². The van der Waals surface area contributed by atoms with Gasteiger partial charge in [0, 0.05) is 47.4 Å². The Labute approximate surface area is 98.5 Å². The van der Waals surface area contributed by atoms with Gasteiger partial charge in [0.15, 0.2) is 0 Å². The van der Waals surface area contributed by atoms with E-state index in [2.05, 4.69) is 63.5 Å². The number of halogens is 1. The summed E-state index contributed by atoms with van der Waals surface area (Å²) in [5.41, 5.74) is 0. The van der Waals surface area contributed by atoms with Crippen molar-refractivity contribution in [2.75, 3.05) is 54.4 Å². The predicted octanol–water partition coefficient (Wildman–Crippen LogP) is 1.41. The average Bonchev–Trinajstić information content (AvgIpc) is 2.10. The fourth-order valence-electron chi connectivity index (χ4n) is 0.829. The van der Waals surface area contributed by atoms with Gasteiger partial charge in [-0.15, -0.1) is 0 Å². The van der Waals surface area contributed by atoms with Crippen molar-refractivity contribution in [1.29, 1.82) is 0 Å². The third kappa shape index (κ3) is 9.27. The maximum Gasteiger partial charge on any atom is 0.0221 e. The van der Waals surface area contributed by atoms with Crippen LogP contribution in [0.1, 0.15) is 0 Å². The van der Waals surface area contributed by atoms with Gasteiger partial charge in [-0.1, -0.05) is 0 Å². The first-order chi connectivity index (χ1) is 6.06. The molecule has 0 N–H and O–H groups in total. The van der Waals surface area contributed by atoms with Gasteiger partial charge in [0.2, 0.25) is 0 Å². The molecule has 0 aliphatic heterocycles. The zero-order valence-corrected chi connectivity index (χ0v) is 11.9. The summed E-state index contributed by atoms with van der Waals surface area (Å²) in [6.07, 6.45) is 0. The van der Waals surface area contributed by atoms with Gasteiger partial charge in [0.05, 0.1) is 0 Å². The molecule has 0 aromatic rings. The average molecular weight is 317 g/mol. The molecule has 0 aliphatic carbocycles. The van der Waals surface area contributed by atoms with Crippen LogP contribution in [0.15, 0.2) is 0 Å². The van der Waals surface area contributed by atoms with Crippen LogP contribution in [0.5, 0.6) is 0 Å². The molecular formula is C8H20IN3S. The molecule has 0 atom stereocenters. The molecule has 5 heteroatoms. The van der Waals surface area contributed by atoms with Crippen molar-refractivity contribution in [2.24, 2.45) is 0 Å². The molecule has 0 amide bonds. The summed E-state index contributed by atoms with van der Waals surface area (Å²) >= 11 is 2.31. The Morgan fingerprint density at radius 1 is 0.923 bits per heavy atom. The van der Waals surface area contributed by atoms with Crippen LogP contribution < -0.4 is 0 Å². The number of hydrogen-bond donors (Lipinski definition) is 0. The van der Waals surface area contributed by atoms with Crippen molar-refractivity contribution in [3.8, 4) is 0 Å². The molecule has 0 bridgehead atoms. The predicted molar refractivity (Wildman–Crippen MR) is 70.3 cm³/mol. The van der Waals surface area contributed by atoms with Gasteiger partial charge in [0.1, 0.15) is 0 Å². The minimum absolute atomic E-state index is 1.12. The summed E-state index contributed by atoms with van der Waals surface area (Å²) in [5.74, 6) is 0. The quantitative estimate of drug-likeness (QED) is 0.519. The van der Waals surface area contributed by atoms with Crippen LogP contribution >= 0.6 is 30.3 Å². The molecule has 0 fully saturated rings. The molecule has 0 saturated carbocycles. The minimum Gasteiger partial charge on any atom is -0.308 e. The van der Waals surface area contributed by atoms with Gasteiger partial charge in [0.25, 0.3) is 0 Å². The van der Waals surface area contributed by atoms with Crippen LogP contribution in [0.2, 0.25) is 0 Å². The number of nitrogens with zero attached hydrogens (tertiary/aromatic N) is 3. The Balaban J connectivity index is 3.34. The van der Waals surface area contributed by atoms with E-state index in [1.54, 1.807) is 9.12 Å². The van der Waals surface area contributed by atoms with Crippen molar-refractivity contribution in [2.45, 2.75) is 0 Å². The van der Waals surface area contributed by atoms with Crippen molar-refractivity contribution in [1.82, 2.24) is 14.1 Å². The Kier molecular flexibility index (Phi) is 8.90. The van der Waals surface area contributed by atoms with E-state index in [9.17, 15) is 0 Å². The highest BCUT2D eigenvalue weighted by Gasteiger charge is 2.01. The van der Waals surface area contributed by atoms with E-state index >= 15 is 0 Å². The number of hydrogen-bond acceptors (Lipinski definition) is 4. The second kappa shape index (κ2) is 8.28. The standard InChI is InChI=1S/C8H20IN3S/c1-10(2)5-6-11(3)7-8-12(4)13-9/h5-8H2,1-4H3. The first-order valence-electron chi connectivity index (χ1n) is 4.39. The largest absolute Gasteiger partial charge is 0.308 e. The highest BCUT2D eigenvalue weighted by Crippen LogP contribution is 2.14. The minimum atomic E-state index is 1.12. The SMILES string of the molecule is CN(C)CCN(C)CCN(C)SI. The van der Waals surface area contributed by atoms with Crippen LogP contribution in [0.4, 0.5) is 0 Å². The molecule has 0 heterocycles. The Morgan fingerprint density at radius 3 is 1.92 bits per heavy atom. The van der Waals surface area contributed by atoms with Crippen molar-refractivity contribution >= 4 is 30.3 Å². The Morgan fingerprint density at radius 2 is 1.46 bits per heavy atom. The van der Waals surface area contributed by atoms with E-state index in [-0.39, 0.29) is 0 Å². The zero-order valence-electron chi connectivity index (χ0n) is 8.96. The monoisotopic (exact) mass is 317 g/mol. The van der Waals surface area contributed by atoms with Gasteiger partial charge < -0.3 is 9.80 Å². The van der Waals surface area contributed by atoms with E-state index in [1.165, 1.54) is 0 Å². The lowest BCUT2D eigenvalue weighted by atomic mass is 10.5. The molecule has 0 unspecified atom stereocenters. The van der Waals surface area contributed by atoms with E-state index in [0.717, 1.165) is 26.2 Å². The molecule has 0 aromatic heterocycles. The van der Waals surface area contributed by atoms with Crippen molar-refractivity contribution < 1.29 is 0 Å². The zero-order chi connectivity index (χ0) is 10.3. The van der Waals surface area contributed by atoms with Crippen LogP contribution in [-0.2, 0) is 0 Å². The smallest absolute Gasteiger partial charge is 0.0221 e. The maximum absolute atomic E-state index is 2.36. The highest BCUT2D eigenvalue weighted by molar-refractivity contribution is 14.2. The van der Waals surface area contributed by atoms with E-state index in [1.807, 2.05) is 0 Å². The second-order valence-electron chi connectivity index (χ2n) is 3.53. The highest BCUT2D eigenvalue weighted by atomic mass is 127. The fraction of sp³-hybridized carbons (Fsp3) is 1.00. The molecule has 0 radical (unpaired) electrons.